The predicted octanol–water partition coefficient (Wildman–Crippen LogP) is 2.16. The fraction of sp³-hybridized carbons (Fsp3) is 0.522. The highest BCUT2D eigenvalue weighted by Gasteiger charge is 2.39. The van der Waals surface area contributed by atoms with E-state index in [-0.39, 0.29) is 17.4 Å². The van der Waals surface area contributed by atoms with Crippen molar-refractivity contribution >= 4 is 5.91 Å². The van der Waals surface area contributed by atoms with Crippen LogP contribution in [-0.2, 0) is 22.6 Å². The van der Waals surface area contributed by atoms with Gasteiger partial charge in [0.2, 0.25) is 5.91 Å². The Hall–Kier alpha value is -2.35. The van der Waals surface area contributed by atoms with Crippen LogP contribution < -0.4 is 5.32 Å². The van der Waals surface area contributed by atoms with E-state index in [9.17, 15) is 9.90 Å². The smallest absolute Gasteiger partial charge is 0.220 e. The highest BCUT2D eigenvalue weighted by molar-refractivity contribution is 5.76. The van der Waals surface area contributed by atoms with E-state index in [2.05, 4.69) is 20.2 Å². The van der Waals surface area contributed by atoms with Crippen molar-refractivity contribution in [2.24, 2.45) is 5.41 Å². The molecule has 0 radical (unpaired) electrons. The van der Waals surface area contributed by atoms with Gasteiger partial charge in [0.25, 0.3) is 0 Å². The van der Waals surface area contributed by atoms with E-state index in [0.717, 1.165) is 11.4 Å². The minimum atomic E-state index is -0.715. The van der Waals surface area contributed by atoms with Crippen molar-refractivity contribution in [3.05, 3.63) is 60.2 Å². The monoisotopic (exact) mass is 412 g/mol. The molecule has 2 aromatic rings. The van der Waals surface area contributed by atoms with Gasteiger partial charge in [0, 0.05) is 38.4 Å². The van der Waals surface area contributed by atoms with Crippen molar-refractivity contribution < 1.29 is 14.6 Å². The zero-order valence-corrected chi connectivity index (χ0v) is 18.0. The van der Waals surface area contributed by atoms with E-state index in [1.807, 2.05) is 57.2 Å². The van der Waals surface area contributed by atoms with Crippen LogP contribution in [0, 0.1) is 5.41 Å². The van der Waals surface area contributed by atoms with Crippen molar-refractivity contribution in [3.63, 3.8) is 0 Å². The largest absolute Gasteiger partial charge is 0.389 e. The molecule has 2 aromatic heterocycles. The van der Waals surface area contributed by atoms with Gasteiger partial charge in [-0.2, -0.15) is 0 Å². The molecule has 0 aromatic carbocycles. The zero-order valence-electron chi connectivity index (χ0n) is 18.0. The minimum Gasteiger partial charge on any atom is -0.389 e. The summed E-state index contributed by atoms with van der Waals surface area (Å²) in [5, 5.41) is 13.9. The molecule has 3 rings (SSSR count). The maximum atomic E-state index is 12.1. The maximum Gasteiger partial charge on any atom is 0.220 e. The molecular formula is C23H32N4O3. The number of aliphatic hydroxyl groups excluding tert-OH is 1. The second-order valence-electron chi connectivity index (χ2n) is 9.02. The topological polar surface area (TPSA) is 87.6 Å². The molecule has 7 nitrogen and oxygen atoms in total. The van der Waals surface area contributed by atoms with Gasteiger partial charge >= 0.3 is 0 Å². The van der Waals surface area contributed by atoms with Gasteiger partial charge in [-0.25, -0.2) is 0 Å². The summed E-state index contributed by atoms with van der Waals surface area (Å²) in [6.07, 6.45) is 2.82. The highest BCUT2D eigenvalue weighted by Crippen LogP contribution is 2.23. The first-order valence-electron chi connectivity index (χ1n) is 10.4. The molecule has 3 atom stereocenters. The van der Waals surface area contributed by atoms with E-state index >= 15 is 0 Å². The number of rotatable bonds is 8. The molecule has 0 saturated carbocycles. The Balaban J connectivity index is 1.65. The molecule has 3 heterocycles. The number of carbonyl (C=O) groups excluding carboxylic acids is 1. The van der Waals surface area contributed by atoms with Gasteiger partial charge in [0.15, 0.2) is 0 Å². The molecule has 1 amide bonds. The third-order valence-corrected chi connectivity index (χ3v) is 5.10. The number of aliphatic hydroxyl groups is 1. The Morgan fingerprint density at radius 2 is 1.73 bits per heavy atom. The van der Waals surface area contributed by atoms with E-state index < -0.39 is 12.2 Å². The molecule has 1 fully saturated rings. The highest BCUT2D eigenvalue weighted by atomic mass is 16.5. The summed E-state index contributed by atoms with van der Waals surface area (Å²) >= 11 is 0. The fourth-order valence-corrected chi connectivity index (χ4v) is 3.62. The van der Waals surface area contributed by atoms with Crippen LogP contribution in [0.25, 0.3) is 0 Å². The average Bonchev–Trinajstić information content (AvgIpc) is 3.07. The molecule has 0 aliphatic carbocycles. The van der Waals surface area contributed by atoms with Gasteiger partial charge in [-0.3, -0.25) is 19.7 Å². The van der Waals surface area contributed by atoms with Gasteiger partial charge in [-0.15, -0.1) is 0 Å². The van der Waals surface area contributed by atoms with Gasteiger partial charge in [0.1, 0.15) is 6.10 Å². The Labute approximate surface area is 178 Å². The van der Waals surface area contributed by atoms with Crippen molar-refractivity contribution in [2.45, 2.75) is 58.5 Å². The Bertz CT molecular complexity index is 754. The number of amides is 1. The minimum absolute atomic E-state index is 0.0272. The number of ether oxygens (including phenoxy) is 1. The number of carbonyl (C=O) groups is 1. The molecule has 1 saturated heterocycles. The van der Waals surface area contributed by atoms with E-state index in [1.54, 1.807) is 12.4 Å². The van der Waals surface area contributed by atoms with Crippen LogP contribution >= 0.6 is 0 Å². The number of aromatic nitrogens is 2. The lowest BCUT2D eigenvalue weighted by Gasteiger charge is -2.30. The lowest BCUT2D eigenvalue weighted by molar-refractivity contribution is -0.123. The summed E-state index contributed by atoms with van der Waals surface area (Å²) in [4.78, 5) is 23.1. The second kappa shape index (κ2) is 10.1. The summed E-state index contributed by atoms with van der Waals surface area (Å²) in [7, 11) is 0. The quantitative estimate of drug-likeness (QED) is 0.691. The summed E-state index contributed by atoms with van der Waals surface area (Å²) in [5.41, 5.74) is 1.76. The first-order chi connectivity index (χ1) is 14.3. The summed E-state index contributed by atoms with van der Waals surface area (Å²) in [6, 6.07) is 11.4. The predicted molar refractivity (Wildman–Crippen MR) is 114 cm³/mol. The average molecular weight is 413 g/mol. The third kappa shape index (κ3) is 6.58. The lowest BCUT2D eigenvalue weighted by Crippen LogP contribution is -2.46. The van der Waals surface area contributed by atoms with Gasteiger partial charge in [0.05, 0.1) is 30.1 Å². The first-order valence-corrected chi connectivity index (χ1v) is 10.4. The van der Waals surface area contributed by atoms with E-state index in [1.165, 1.54) is 0 Å². The van der Waals surface area contributed by atoms with Crippen LogP contribution in [0.2, 0.25) is 0 Å². The van der Waals surface area contributed by atoms with Crippen LogP contribution in [0.3, 0.4) is 0 Å². The van der Waals surface area contributed by atoms with Gasteiger partial charge in [-0.05, 0) is 29.7 Å². The van der Waals surface area contributed by atoms with Crippen LogP contribution in [0.5, 0.6) is 0 Å². The standard InChI is InChI=1S/C23H32N4O3/c1-23(2,3)12-21(28)26-13-20-22(29)19(16-30-20)27(14-17-8-4-6-10-24-17)15-18-9-5-7-11-25-18/h4-11,19-20,22,29H,12-16H2,1-3H3,(H,26,28). The third-order valence-electron chi connectivity index (χ3n) is 5.10. The Kier molecular flexibility index (Phi) is 7.53. The Morgan fingerprint density at radius 3 is 2.23 bits per heavy atom. The van der Waals surface area contributed by atoms with Crippen LogP contribution in [0.1, 0.15) is 38.6 Å². The number of hydrogen-bond donors (Lipinski definition) is 2. The van der Waals surface area contributed by atoms with Crippen LogP contribution in [0.4, 0.5) is 0 Å². The number of nitrogens with one attached hydrogen (secondary N) is 1. The molecule has 30 heavy (non-hydrogen) atoms. The van der Waals surface area contributed by atoms with Crippen molar-refractivity contribution in [2.75, 3.05) is 13.2 Å². The van der Waals surface area contributed by atoms with Crippen LogP contribution in [0.15, 0.2) is 48.8 Å². The first kappa shape index (κ1) is 22.3. The molecule has 3 unspecified atom stereocenters. The van der Waals surface area contributed by atoms with Gasteiger partial charge < -0.3 is 15.2 Å². The zero-order chi connectivity index (χ0) is 21.6. The van der Waals surface area contributed by atoms with Crippen molar-refractivity contribution in [3.8, 4) is 0 Å². The molecule has 2 N–H and O–H groups in total. The number of pyridine rings is 2. The SMILES string of the molecule is CC(C)(C)CC(=O)NCC1OCC(N(Cc2ccccn2)Cc2ccccn2)C1O. The fourth-order valence-electron chi connectivity index (χ4n) is 3.62. The normalized spacial score (nSPS) is 21.7. The van der Waals surface area contributed by atoms with Gasteiger partial charge in [-0.1, -0.05) is 32.9 Å². The molecule has 1 aliphatic rings. The Morgan fingerprint density at radius 1 is 1.13 bits per heavy atom. The number of hydrogen-bond acceptors (Lipinski definition) is 6. The molecule has 1 aliphatic heterocycles. The second-order valence-corrected chi connectivity index (χ2v) is 9.02. The molecule has 162 valence electrons. The van der Waals surface area contributed by atoms with Crippen LogP contribution in [-0.4, -0.2) is 57.3 Å². The lowest BCUT2D eigenvalue weighted by atomic mass is 9.92. The van der Waals surface area contributed by atoms with Crippen molar-refractivity contribution in [1.29, 1.82) is 0 Å². The number of nitrogens with zero attached hydrogens (tertiary/aromatic N) is 3. The summed E-state index contributed by atoms with van der Waals surface area (Å²) in [5.74, 6) is -0.0272. The maximum absolute atomic E-state index is 12.1. The molecular weight excluding hydrogens is 380 g/mol. The van der Waals surface area contributed by atoms with Crippen molar-refractivity contribution in [1.82, 2.24) is 20.2 Å². The summed E-state index contributed by atoms with van der Waals surface area (Å²) in [6.45, 7) is 7.91. The molecule has 7 heteroatoms. The summed E-state index contributed by atoms with van der Waals surface area (Å²) < 4.78 is 5.87. The van der Waals surface area contributed by atoms with E-state index in [0.29, 0.717) is 32.7 Å². The molecule has 0 spiro atoms. The molecule has 0 bridgehead atoms. The van der Waals surface area contributed by atoms with E-state index in [4.69, 9.17) is 4.74 Å².